The third-order valence-electron chi connectivity index (χ3n) is 5.89. The molecular weight excluding hydrogens is 550 g/mol. The minimum absolute atomic E-state index is 0.0309. The molecule has 0 aliphatic rings. The van der Waals surface area contributed by atoms with Gasteiger partial charge in [-0.05, 0) is 66.4 Å². The molecule has 2 aromatic rings. The lowest BCUT2D eigenvalue weighted by Gasteiger charge is -2.36. The van der Waals surface area contributed by atoms with Crippen LogP contribution in [0.1, 0.15) is 50.7 Å². The van der Waals surface area contributed by atoms with E-state index in [1.165, 1.54) is 0 Å². The fourth-order valence-corrected chi connectivity index (χ4v) is 4.53. The Kier molecular flexibility index (Phi) is 12.6. The smallest absolute Gasteiger partial charge is 0.310 e. The molecule has 0 spiro atoms. The molecule has 0 aliphatic carbocycles. The molecular formula is C25H32Cl4O5Si. The van der Waals surface area contributed by atoms with Gasteiger partial charge < -0.3 is 14.6 Å². The Morgan fingerprint density at radius 2 is 1.46 bits per heavy atom. The second kappa shape index (κ2) is 13.9. The van der Waals surface area contributed by atoms with E-state index in [0.717, 1.165) is 0 Å². The van der Waals surface area contributed by atoms with Gasteiger partial charge in [-0.2, -0.15) is 0 Å². The first kappa shape index (κ1) is 31.7. The van der Waals surface area contributed by atoms with Crippen LogP contribution in [0.5, 0.6) is 0 Å². The standard InChI is InChI=1S/C17H26Cl2O3Si.C8H6Cl2O2/c1-17(2,3)23(4,5)22-10-6-7-13(16(20)21)12-8-9-14(18)15(19)11-12;9-6-2-1-5(3-7(6)10)4-8(11)12/h8-9,11,13H,6-7,10H2,1-5H3,(H,20,21);1-3H,4H2,(H,11,12). The topological polar surface area (TPSA) is 83.8 Å². The first-order chi connectivity index (χ1) is 16.0. The van der Waals surface area contributed by atoms with E-state index in [-0.39, 0.29) is 11.5 Å². The fraction of sp³-hybridized carbons (Fsp3) is 0.440. The Bertz CT molecular complexity index is 1020. The monoisotopic (exact) mass is 580 g/mol. The van der Waals surface area contributed by atoms with Crippen LogP contribution in [0.4, 0.5) is 0 Å². The second-order valence-corrected chi connectivity index (χ2v) is 16.1. The second-order valence-electron chi connectivity index (χ2n) is 9.63. The number of rotatable bonds is 9. The summed E-state index contributed by atoms with van der Waals surface area (Å²) in [5.74, 6) is -2.32. The molecule has 0 heterocycles. The molecule has 1 unspecified atom stereocenters. The molecule has 0 saturated heterocycles. The molecule has 0 bridgehead atoms. The number of benzene rings is 2. The summed E-state index contributed by atoms with van der Waals surface area (Å²) in [5.41, 5.74) is 1.33. The largest absolute Gasteiger partial charge is 0.481 e. The lowest BCUT2D eigenvalue weighted by atomic mass is 9.94. The van der Waals surface area contributed by atoms with Crippen molar-refractivity contribution < 1.29 is 24.2 Å². The third-order valence-corrected chi connectivity index (χ3v) is 11.9. The zero-order valence-corrected chi connectivity index (χ0v) is 24.5. The predicted octanol–water partition coefficient (Wildman–Crippen LogP) is 8.58. The number of hydrogen-bond donors (Lipinski definition) is 2. The van der Waals surface area contributed by atoms with Crippen LogP contribution < -0.4 is 0 Å². The normalized spacial score (nSPS) is 12.5. The summed E-state index contributed by atoms with van der Waals surface area (Å²) < 4.78 is 6.10. The first-order valence-corrected chi connectivity index (χ1v) is 15.4. The molecule has 35 heavy (non-hydrogen) atoms. The molecule has 2 rings (SSSR count). The van der Waals surface area contributed by atoms with E-state index in [9.17, 15) is 14.7 Å². The number of carbonyl (C=O) groups is 2. The maximum Gasteiger partial charge on any atom is 0.310 e. The lowest BCUT2D eigenvalue weighted by Crippen LogP contribution is -2.41. The van der Waals surface area contributed by atoms with Gasteiger partial charge in [-0.1, -0.05) is 79.3 Å². The summed E-state index contributed by atoms with van der Waals surface area (Å²) in [6, 6.07) is 9.78. The van der Waals surface area contributed by atoms with Crippen molar-refractivity contribution in [1.82, 2.24) is 0 Å². The van der Waals surface area contributed by atoms with E-state index >= 15 is 0 Å². The van der Waals surface area contributed by atoms with Gasteiger partial charge in [0.2, 0.25) is 0 Å². The van der Waals surface area contributed by atoms with Gasteiger partial charge in [0.25, 0.3) is 0 Å². The van der Waals surface area contributed by atoms with Crippen molar-refractivity contribution in [1.29, 1.82) is 0 Å². The van der Waals surface area contributed by atoms with Crippen molar-refractivity contribution in [2.45, 2.75) is 64.1 Å². The molecule has 2 aromatic carbocycles. The Balaban J connectivity index is 0.000000427. The number of carboxylic acid groups (broad SMARTS) is 2. The average Bonchev–Trinajstić information content (AvgIpc) is 2.72. The molecule has 1 atom stereocenters. The Labute approximate surface area is 228 Å². The van der Waals surface area contributed by atoms with E-state index < -0.39 is 26.2 Å². The van der Waals surface area contributed by atoms with Crippen LogP contribution in [0.25, 0.3) is 0 Å². The summed E-state index contributed by atoms with van der Waals surface area (Å²) in [7, 11) is -1.79. The van der Waals surface area contributed by atoms with Crippen molar-refractivity contribution in [3.63, 3.8) is 0 Å². The molecule has 194 valence electrons. The van der Waals surface area contributed by atoms with Crippen LogP contribution in [0.2, 0.25) is 38.2 Å². The van der Waals surface area contributed by atoms with Gasteiger partial charge in [-0.3, -0.25) is 9.59 Å². The molecule has 5 nitrogen and oxygen atoms in total. The van der Waals surface area contributed by atoms with Gasteiger partial charge >= 0.3 is 11.9 Å². The van der Waals surface area contributed by atoms with Crippen LogP contribution in [0.3, 0.4) is 0 Å². The van der Waals surface area contributed by atoms with Crippen molar-refractivity contribution in [2.75, 3.05) is 6.61 Å². The Morgan fingerprint density at radius 1 is 0.914 bits per heavy atom. The highest BCUT2D eigenvalue weighted by Crippen LogP contribution is 2.37. The highest BCUT2D eigenvalue weighted by molar-refractivity contribution is 6.74. The molecule has 0 radical (unpaired) electrons. The maximum absolute atomic E-state index is 11.5. The minimum Gasteiger partial charge on any atom is -0.481 e. The highest BCUT2D eigenvalue weighted by Gasteiger charge is 2.37. The zero-order valence-electron chi connectivity index (χ0n) is 20.5. The Morgan fingerprint density at radius 3 is 1.91 bits per heavy atom. The predicted molar refractivity (Wildman–Crippen MR) is 147 cm³/mol. The summed E-state index contributed by atoms with van der Waals surface area (Å²) in [5, 5.41) is 19.7. The molecule has 0 aliphatic heterocycles. The lowest BCUT2D eigenvalue weighted by molar-refractivity contribution is -0.139. The van der Waals surface area contributed by atoms with E-state index in [4.69, 9.17) is 55.9 Å². The van der Waals surface area contributed by atoms with Crippen LogP contribution in [0.15, 0.2) is 36.4 Å². The average molecular weight is 582 g/mol. The highest BCUT2D eigenvalue weighted by atomic mass is 35.5. The fourth-order valence-electron chi connectivity index (χ4n) is 2.82. The number of aliphatic carboxylic acids is 2. The maximum atomic E-state index is 11.5. The molecule has 0 fully saturated rings. The van der Waals surface area contributed by atoms with Gasteiger partial charge in [-0.25, -0.2) is 0 Å². The van der Waals surface area contributed by atoms with E-state index in [1.54, 1.807) is 36.4 Å². The third kappa shape index (κ3) is 10.7. The Hall–Kier alpha value is -1.28. The number of halogens is 4. The quantitative estimate of drug-likeness (QED) is 0.229. The van der Waals surface area contributed by atoms with Gasteiger partial charge in [0.05, 0.1) is 32.4 Å². The summed E-state index contributed by atoms with van der Waals surface area (Å²) in [6.45, 7) is 11.5. The molecule has 0 aromatic heterocycles. The summed E-state index contributed by atoms with van der Waals surface area (Å²) in [6.07, 6.45) is 1.18. The van der Waals surface area contributed by atoms with Gasteiger partial charge in [-0.15, -0.1) is 0 Å². The van der Waals surface area contributed by atoms with E-state index in [2.05, 4.69) is 33.9 Å². The van der Waals surface area contributed by atoms with Crippen molar-refractivity contribution in [3.8, 4) is 0 Å². The molecule has 0 amide bonds. The molecule has 2 N–H and O–H groups in total. The van der Waals surface area contributed by atoms with E-state index in [0.29, 0.717) is 50.7 Å². The van der Waals surface area contributed by atoms with Crippen LogP contribution in [-0.2, 0) is 20.4 Å². The van der Waals surface area contributed by atoms with Crippen LogP contribution >= 0.6 is 46.4 Å². The summed E-state index contributed by atoms with van der Waals surface area (Å²) >= 11 is 23.2. The zero-order chi connectivity index (χ0) is 27.0. The van der Waals surface area contributed by atoms with Crippen LogP contribution in [0, 0.1) is 0 Å². The summed E-state index contributed by atoms with van der Waals surface area (Å²) in [4.78, 5) is 21.8. The van der Waals surface area contributed by atoms with Gasteiger partial charge in [0, 0.05) is 6.61 Å². The van der Waals surface area contributed by atoms with Gasteiger partial charge in [0.15, 0.2) is 8.32 Å². The van der Waals surface area contributed by atoms with E-state index in [1.807, 2.05) is 0 Å². The van der Waals surface area contributed by atoms with Crippen molar-refractivity contribution in [2.24, 2.45) is 0 Å². The SMILES string of the molecule is CC(C)(C)[Si](C)(C)OCCCC(C(=O)O)c1ccc(Cl)c(Cl)c1.O=C(O)Cc1ccc(Cl)c(Cl)c1. The van der Waals surface area contributed by atoms with Crippen LogP contribution in [-0.4, -0.2) is 37.1 Å². The van der Waals surface area contributed by atoms with Crippen molar-refractivity contribution >= 4 is 66.7 Å². The van der Waals surface area contributed by atoms with Crippen molar-refractivity contribution in [3.05, 3.63) is 67.6 Å². The number of carboxylic acids is 2. The molecule has 0 saturated carbocycles. The van der Waals surface area contributed by atoms with Gasteiger partial charge in [0.1, 0.15) is 0 Å². The first-order valence-electron chi connectivity index (χ1n) is 11.0. The number of hydrogen-bond acceptors (Lipinski definition) is 3. The minimum atomic E-state index is -1.79. The molecule has 10 heteroatoms.